The Morgan fingerprint density at radius 1 is 1.00 bits per heavy atom. The predicted molar refractivity (Wildman–Crippen MR) is 137 cm³/mol. The Labute approximate surface area is 206 Å². The molecule has 7 nitrogen and oxygen atoms in total. The van der Waals surface area contributed by atoms with Crippen LogP contribution in [0.15, 0.2) is 18.2 Å². The van der Waals surface area contributed by atoms with Crippen LogP contribution in [0.5, 0.6) is 0 Å². The first kappa shape index (κ1) is 29.5. The Hall–Kier alpha value is -2.57. The molecular formula is C27H45N3O4. The van der Waals surface area contributed by atoms with Crippen LogP contribution in [-0.2, 0) is 14.3 Å². The van der Waals surface area contributed by atoms with Crippen LogP contribution in [0.1, 0.15) is 91.0 Å². The fourth-order valence-corrected chi connectivity index (χ4v) is 4.00. The van der Waals surface area contributed by atoms with E-state index in [9.17, 15) is 14.4 Å². The second-order valence-electron chi connectivity index (χ2n) is 10.7. The molecule has 0 saturated carbocycles. The van der Waals surface area contributed by atoms with E-state index in [-0.39, 0.29) is 23.8 Å². The molecule has 3 amide bonds. The van der Waals surface area contributed by atoms with Crippen LogP contribution in [0.3, 0.4) is 0 Å². The molecule has 1 rings (SSSR count). The van der Waals surface area contributed by atoms with Crippen LogP contribution >= 0.6 is 0 Å². The molecule has 0 saturated heterocycles. The van der Waals surface area contributed by atoms with Crippen molar-refractivity contribution in [1.29, 1.82) is 0 Å². The molecule has 0 fully saturated rings. The summed E-state index contributed by atoms with van der Waals surface area (Å²) in [4.78, 5) is 41.7. The molecule has 0 radical (unpaired) electrons. The van der Waals surface area contributed by atoms with Crippen molar-refractivity contribution in [3.63, 3.8) is 0 Å². The molecular weight excluding hydrogens is 430 g/mol. The number of amides is 3. The first-order valence-corrected chi connectivity index (χ1v) is 12.3. The van der Waals surface area contributed by atoms with Crippen molar-refractivity contribution in [1.82, 2.24) is 15.5 Å². The summed E-state index contributed by atoms with van der Waals surface area (Å²) in [7, 11) is 0. The maximum Gasteiger partial charge on any atom is 0.408 e. The van der Waals surface area contributed by atoms with Crippen LogP contribution in [-0.4, -0.2) is 47.0 Å². The second-order valence-corrected chi connectivity index (χ2v) is 10.7. The fourth-order valence-electron chi connectivity index (χ4n) is 4.00. The molecule has 34 heavy (non-hydrogen) atoms. The number of ether oxygens (including phenoxy) is 1. The summed E-state index contributed by atoms with van der Waals surface area (Å²) in [5.74, 6) is -0.363. The average molecular weight is 476 g/mol. The molecule has 0 spiro atoms. The largest absolute Gasteiger partial charge is 0.444 e. The maximum atomic E-state index is 14.0. The summed E-state index contributed by atoms with van der Waals surface area (Å²) < 4.78 is 5.42. The fraction of sp³-hybridized carbons (Fsp3) is 0.667. The number of nitrogens with one attached hydrogen (secondary N) is 2. The molecule has 2 atom stereocenters. The van der Waals surface area contributed by atoms with Crippen molar-refractivity contribution in [3.05, 3.63) is 34.9 Å². The number of carbonyl (C=O) groups excluding carboxylic acids is 3. The lowest BCUT2D eigenvalue weighted by Gasteiger charge is -2.36. The molecule has 192 valence electrons. The average Bonchev–Trinajstić information content (AvgIpc) is 2.66. The molecule has 0 aliphatic carbocycles. The molecule has 2 N–H and O–H groups in total. The van der Waals surface area contributed by atoms with Gasteiger partial charge >= 0.3 is 6.09 Å². The van der Waals surface area contributed by atoms with Crippen LogP contribution in [0.2, 0.25) is 0 Å². The van der Waals surface area contributed by atoms with Gasteiger partial charge in [-0.3, -0.25) is 9.59 Å². The summed E-state index contributed by atoms with van der Waals surface area (Å²) in [6, 6.07) is 4.17. The van der Waals surface area contributed by atoms with E-state index in [0.717, 1.165) is 16.7 Å². The monoisotopic (exact) mass is 475 g/mol. The number of hydrogen-bond donors (Lipinski definition) is 2. The van der Waals surface area contributed by atoms with Crippen LogP contribution in [0.25, 0.3) is 0 Å². The Bertz CT molecular complexity index is 823. The zero-order chi connectivity index (χ0) is 26.2. The van der Waals surface area contributed by atoms with Gasteiger partial charge in [0.25, 0.3) is 0 Å². The highest BCUT2D eigenvalue weighted by Gasteiger charge is 2.37. The molecule has 0 bridgehead atoms. The van der Waals surface area contributed by atoms with Crippen molar-refractivity contribution >= 4 is 17.9 Å². The summed E-state index contributed by atoms with van der Waals surface area (Å²) in [6.45, 7) is 19.4. The van der Waals surface area contributed by atoms with E-state index >= 15 is 0 Å². The van der Waals surface area contributed by atoms with E-state index in [1.165, 1.54) is 0 Å². The van der Waals surface area contributed by atoms with E-state index in [1.807, 2.05) is 66.7 Å². The Morgan fingerprint density at radius 2 is 1.56 bits per heavy atom. The van der Waals surface area contributed by atoms with Gasteiger partial charge in [-0.25, -0.2) is 4.79 Å². The Balaban J connectivity index is 3.51. The minimum absolute atomic E-state index is 0.0794. The minimum atomic E-state index is -0.805. The van der Waals surface area contributed by atoms with Crippen LogP contribution < -0.4 is 10.6 Å². The number of hydrogen-bond acceptors (Lipinski definition) is 4. The third kappa shape index (κ3) is 8.99. The molecule has 0 heterocycles. The van der Waals surface area contributed by atoms with E-state index in [2.05, 4.69) is 10.6 Å². The van der Waals surface area contributed by atoms with Crippen LogP contribution in [0.4, 0.5) is 4.79 Å². The van der Waals surface area contributed by atoms with Crippen molar-refractivity contribution < 1.29 is 19.1 Å². The third-order valence-corrected chi connectivity index (χ3v) is 5.25. The lowest BCUT2D eigenvalue weighted by Crippen LogP contribution is -2.54. The molecule has 0 aromatic heterocycles. The van der Waals surface area contributed by atoms with Crippen molar-refractivity contribution in [2.45, 2.75) is 106 Å². The SMILES string of the molecule is CCCN(C(=O)C(CC(C)C)NC(=O)OC(C)(C)C)C(C(=O)NC(C)C)c1c(C)cccc1C. The van der Waals surface area contributed by atoms with Gasteiger partial charge in [0.2, 0.25) is 11.8 Å². The molecule has 0 aliphatic heterocycles. The third-order valence-electron chi connectivity index (χ3n) is 5.25. The number of alkyl carbamates (subject to hydrolysis) is 1. The van der Waals surface area contributed by atoms with Crippen molar-refractivity contribution in [3.8, 4) is 0 Å². The van der Waals surface area contributed by atoms with E-state index in [1.54, 1.807) is 25.7 Å². The summed E-state index contributed by atoms with van der Waals surface area (Å²) in [5, 5.41) is 5.77. The predicted octanol–water partition coefficient (Wildman–Crippen LogP) is 5.05. The van der Waals surface area contributed by atoms with Gasteiger partial charge < -0.3 is 20.3 Å². The molecule has 1 aromatic rings. The zero-order valence-corrected chi connectivity index (χ0v) is 22.7. The first-order chi connectivity index (χ1) is 15.7. The molecule has 2 unspecified atom stereocenters. The summed E-state index contributed by atoms with van der Waals surface area (Å²) >= 11 is 0. The zero-order valence-electron chi connectivity index (χ0n) is 22.7. The van der Waals surface area contributed by atoms with E-state index < -0.39 is 23.8 Å². The van der Waals surface area contributed by atoms with Gasteiger partial charge in [0.05, 0.1) is 0 Å². The second kappa shape index (κ2) is 12.8. The van der Waals surface area contributed by atoms with Gasteiger partial charge in [-0.1, -0.05) is 39.0 Å². The van der Waals surface area contributed by atoms with E-state index in [0.29, 0.717) is 19.4 Å². The Kier molecular flexibility index (Phi) is 11.1. The normalized spacial score (nSPS) is 13.4. The maximum absolute atomic E-state index is 14.0. The highest BCUT2D eigenvalue weighted by molar-refractivity contribution is 5.92. The highest BCUT2D eigenvalue weighted by atomic mass is 16.6. The summed E-state index contributed by atoms with van der Waals surface area (Å²) in [6.07, 6.45) is 0.463. The van der Waals surface area contributed by atoms with Crippen molar-refractivity contribution in [2.75, 3.05) is 6.54 Å². The number of nitrogens with zero attached hydrogens (tertiary/aromatic N) is 1. The topological polar surface area (TPSA) is 87.7 Å². The minimum Gasteiger partial charge on any atom is -0.444 e. The number of rotatable bonds is 10. The van der Waals surface area contributed by atoms with Gasteiger partial charge in [0.1, 0.15) is 17.7 Å². The van der Waals surface area contributed by atoms with Gasteiger partial charge in [-0.05, 0) is 83.9 Å². The lowest BCUT2D eigenvalue weighted by atomic mass is 9.92. The summed E-state index contributed by atoms with van der Waals surface area (Å²) in [5.41, 5.74) is 2.02. The number of carbonyl (C=O) groups is 3. The molecule has 7 heteroatoms. The smallest absolute Gasteiger partial charge is 0.408 e. The van der Waals surface area contributed by atoms with Crippen molar-refractivity contribution in [2.24, 2.45) is 5.92 Å². The number of benzene rings is 1. The Morgan fingerprint density at radius 3 is 2.00 bits per heavy atom. The lowest BCUT2D eigenvalue weighted by molar-refractivity contribution is -0.143. The molecule has 1 aromatic carbocycles. The standard InChI is InChI=1S/C27H45N3O4/c1-11-15-30(25(32)21(16-17(2)3)29-26(33)34-27(8,9)10)23(24(31)28-18(4)5)22-19(6)13-12-14-20(22)7/h12-14,17-18,21,23H,11,15-16H2,1-10H3,(H,28,31)(H,29,33). The number of aryl methyl sites for hydroxylation is 2. The molecule has 0 aliphatic rings. The van der Waals surface area contributed by atoms with Gasteiger partial charge in [-0.15, -0.1) is 0 Å². The highest BCUT2D eigenvalue weighted by Crippen LogP contribution is 2.29. The van der Waals surface area contributed by atoms with Gasteiger partial charge in [-0.2, -0.15) is 0 Å². The van der Waals surface area contributed by atoms with Gasteiger partial charge in [0.15, 0.2) is 0 Å². The van der Waals surface area contributed by atoms with E-state index in [4.69, 9.17) is 4.74 Å². The van der Waals surface area contributed by atoms with Gasteiger partial charge in [0, 0.05) is 12.6 Å². The first-order valence-electron chi connectivity index (χ1n) is 12.3. The quantitative estimate of drug-likeness (QED) is 0.496. The van der Waals surface area contributed by atoms with Crippen LogP contribution in [0, 0.1) is 19.8 Å².